The number of nitrogens with one attached hydrogen (secondary N) is 3. The molecule has 3 aromatic heterocycles. The van der Waals surface area contributed by atoms with Crippen molar-refractivity contribution in [2.75, 3.05) is 110 Å². The van der Waals surface area contributed by atoms with Crippen LogP contribution in [0.1, 0.15) is 50.1 Å². The Kier molecular flexibility index (Phi) is 18.6. The number of likely N-dealkylation sites (tertiary alicyclic amines) is 1. The number of nitrogens with zero attached hydrogens (tertiary/aromatic N) is 6. The van der Waals surface area contributed by atoms with Gasteiger partial charge in [-0.3, -0.25) is 4.79 Å². The van der Waals surface area contributed by atoms with E-state index in [4.69, 9.17) is 43.3 Å². The predicted octanol–water partition coefficient (Wildman–Crippen LogP) is 6.41. The molecule has 0 bridgehead atoms. The molecule has 1 aliphatic heterocycles. The lowest BCUT2D eigenvalue weighted by Crippen LogP contribution is -2.33. The first-order valence-corrected chi connectivity index (χ1v) is 25.0. The molecule has 3 unspecified atom stereocenters. The minimum absolute atomic E-state index is 0.114. The van der Waals surface area contributed by atoms with Gasteiger partial charge < -0.3 is 59.3 Å². The average molecular weight is 972 g/mol. The van der Waals surface area contributed by atoms with Crippen molar-refractivity contribution in [1.82, 2.24) is 35.5 Å². The SMILES string of the molecule is CNCC(O)COc1cccc(-c2nc(NCCCN3CCC(COCCN(CCOC)c4cc(C5CCCC5)nc(-c5cccc(OCC(O)CNC)c5)n4)C3=O)cc(-c3cc4ccccc4o3)n2)c1. The fraction of sp³-hybridized carbons (Fsp3) is 0.463. The van der Waals surface area contributed by atoms with Crippen molar-refractivity contribution in [2.45, 2.75) is 56.7 Å². The van der Waals surface area contributed by atoms with Crippen molar-refractivity contribution in [3.8, 4) is 45.7 Å². The number of carbonyl (C=O) groups is 1. The molecule has 8 rings (SSSR count). The quantitative estimate of drug-likeness (QED) is 0.0338. The number of ether oxygens (including phenoxy) is 4. The number of aliphatic hydroxyl groups excluding tert-OH is 2. The number of furan rings is 1. The fourth-order valence-electron chi connectivity index (χ4n) is 9.11. The van der Waals surface area contributed by atoms with Crippen LogP contribution in [0.4, 0.5) is 11.6 Å². The number of aliphatic hydroxyl groups is 2. The van der Waals surface area contributed by atoms with E-state index in [1.54, 1.807) is 21.2 Å². The zero-order valence-electron chi connectivity index (χ0n) is 41.2. The van der Waals surface area contributed by atoms with Gasteiger partial charge in [0.05, 0.1) is 25.7 Å². The van der Waals surface area contributed by atoms with Crippen LogP contribution in [0.25, 0.3) is 45.2 Å². The summed E-state index contributed by atoms with van der Waals surface area (Å²) in [5, 5.41) is 30.8. The van der Waals surface area contributed by atoms with E-state index in [-0.39, 0.29) is 25.0 Å². The Labute approximate surface area is 416 Å². The van der Waals surface area contributed by atoms with E-state index in [9.17, 15) is 15.0 Å². The number of hydrogen-bond donors (Lipinski definition) is 5. The molecule has 2 fully saturated rings. The number of rotatable bonds is 28. The molecule has 3 aromatic carbocycles. The van der Waals surface area contributed by atoms with Crippen molar-refractivity contribution in [3.05, 3.63) is 96.7 Å². The lowest BCUT2D eigenvalue weighted by atomic mass is 10.0. The second kappa shape index (κ2) is 25.8. The summed E-state index contributed by atoms with van der Waals surface area (Å²) in [5.74, 6) is 4.70. The van der Waals surface area contributed by atoms with Crippen LogP contribution in [-0.4, -0.2) is 153 Å². The third-order valence-corrected chi connectivity index (χ3v) is 12.9. The van der Waals surface area contributed by atoms with Gasteiger partial charge in [-0.25, -0.2) is 19.9 Å². The highest BCUT2D eigenvalue weighted by molar-refractivity contribution is 5.83. The predicted molar refractivity (Wildman–Crippen MR) is 275 cm³/mol. The lowest BCUT2D eigenvalue weighted by molar-refractivity contribution is -0.132. The second-order valence-corrected chi connectivity index (χ2v) is 18.3. The molecule has 6 aromatic rings. The maximum absolute atomic E-state index is 13.6. The number of hydrogen-bond acceptors (Lipinski definition) is 16. The molecular weight excluding hydrogens is 903 g/mol. The summed E-state index contributed by atoms with van der Waals surface area (Å²) >= 11 is 0. The molecule has 71 heavy (non-hydrogen) atoms. The molecule has 17 nitrogen and oxygen atoms in total. The van der Waals surface area contributed by atoms with E-state index in [1.165, 1.54) is 12.8 Å². The largest absolute Gasteiger partial charge is 0.491 e. The molecule has 0 spiro atoms. The van der Waals surface area contributed by atoms with E-state index >= 15 is 0 Å². The van der Waals surface area contributed by atoms with Gasteiger partial charge in [0.15, 0.2) is 17.4 Å². The second-order valence-electron chi connectivity index (χ2n) is 18.3. The molecule has 5 N–H and O–H groups in total. The number of benzene rings is 3. The van der Waals surface area contributed by atoms with Crippen molar-refractivity contribution in [2.24, 2.45) is 5.92 Å². The molecule has 1 aliphatic carbocycles. The Balaban J connectivity index is 0.865. The number of carbonyl (C=O) groups excluding carboxylic acids is 1. The standard InChI is InChI=1S/C54H69N9O8/c1-55-32-42(64)35-69-44-16-8-14-39(27-44)52-59-47(49-29-38-13-6-7-18-48(38)71-49)30-50(60-52)57-20-10-21-63-22-19-41(54(63)66)34-68-26-24-62(23-25-67-3)51-31-46(37-11-4-5-12-37)58-53(61-51)40-15-9-17-45(28-40)70-36-43(65)33-56-2/h6-9,13-18,27-31,37,41-43,55-56,64-65H,4-5,10-12,19-26,32-36H2,1-3H3,(H,57,59,60). The van der Waals surface area contributed by atoms with E-state index in [2.05, 4.69) is 26.9 Å². The summed E-state index contributed by atoms with van der Waals surface area (Å²) in [6, 6.07) is 29.1. The number of amides is 1. The summed E-state index contributed by atoms with van der Waals surface area (Å²) in [7, 11) is 5.28. The van der Waals surface area contributed by atoms with Gasteiger partial charge in [-0.2, -0.15) is 0 Å². The number of anilines is 2. The zero-order chi connectivity index (χ0) is 49.4. The van der Waals surface area contributed by atoms with Crippen LogP contribution in [0.5, 0.6) is 11.5 Å². The average Bonchev–Trinajstić information content (AvgIpc) is 4.18. The number of fused-ring (bicyclic) bond motifs is 1. The molecule has 4 heterocycles. The Morgan fingerprint density at radius 1 is 0.789 bits per heavy atom. The summed E-state index contributed by atoms with van der Waals surface area (Å²) in [6.45, 7) is 5.50. The zero-order valence-corrected chi connectivity index (χ0v) is 41.2. The first-order chi connectivity index (χ1) is 34.8. The highest BCUT2D eigenvalue weighted by Gasteiger charge is 2.31. The van der Waals surface area contributed by atoms with Crippen LogP contribution in [0.3, 0.4) is 0 Å². The number of methoxy groups -OCH3 is 1. The number of para-hydroxylation sites is 1. The summed E-state index contributed by atoms with van der Waals surface area (Å²) in [4.78, 5) is 37.7. The topological polar surface area (TPSA) is 202 Å². The van der Waals surface area contributed by atoms with Crippen molar-refractivity contribution in [1.29, 1.82) is 0 Å². The number of aromatic nitrogens is 4. The minimum Gasteiger partial charge on any atom is -0.491 e. The highest BCUT2D eigenvalue weighted by atomic mass is 16.5. The third-order valence-electron chi connectivity index (χ3n) is 12.9. The Hall–Kier alpha value is -6.21. The van der Waals surface area contributed by atoms with Gasteiger partial charge in [0, 0.05) is 93.2 Å². The van der Waals surface area contributed by atoms with Gasteiger partial charge in [0.2, 0.25) is 5.91 Å². The molecule has 1 saturated heterocycles. The van der Waals surface area contributed by atoms with E-state index in [0.29, 0.717) is 118 Å². The van der Waals surface area contributed by atoms with Gasteiger partial charge in [-0.15, -0.1) is 0 Å². The molecule has 1 saturated carbocycles. The Morgan fingerprint density at radius 3 is 2.17 bits per heavy atom. The monoisotopic (exact) mass is 972 g/mol. The van der Waals surface area contributed by atoms with Gasteiger partial charge in [-0.05, 0) is 76.2 Å². The van der Waals surface area contributed by atoms with Crippen LogP contribution in [0, 0.1) is 5.92 Å². The maximum Gasteiger partial charge on any atom is 0.228 e. The fourth-order valence-corrected chi connectivity index (χ4v) is 9.11. The van der Waals surface area contributed by atoms with Crippen LogP contribution < -0.4 is 30.3 Å². The third kappa shape index (κ3) is 14.2. The van der Waals surface area contributed by atoms with E-state index in [0.717, 1.165) is 52.9 Å². The molecule has 2 aliphatic rings. The molecule has 17 heteroatoms. The maximum atomic E-state index is 13.6. The highest BCUT2D eigenvalue weighted by Crippen LogP contribution is 2.36. The number of likely N-dealkylation sites (N-methyl/N-ethyl adjacent to an activating group) is 2. The Morgan fingerprint density at radius 2 is 1.48 bits per heavy atom. The van der Waals surface area contributed by atoms with E-state index < -0.39 is 12.2 Å². The summed E-state index contributed by atoms with van der Waals surface area (Å²) < 4.78 is 29.8. The molecule has 3 atom stereocenters. The van der Waals surface area contributed by atoms with Gasteiger partial charge >= 0.3 is 0 Å². The summed E-state index contributed by atoms with van der Waals surface area (Å²) in [5.41, 5.74) is 4.03. The minimum atomic E-state index is -0.647. The Bertz CT molecular complexity index is 2590. The van der Waals surface area contributed by atoms with Crippen molar-refractivity contribution in [3.63, 3.8) is 0 Å². The van der Waals surface area contributed by atoms with Gasteiger partial charge in [-0.1, -0.05) is 55.3 Å². The first kappa shape index (κ1) is 51.2. The molecule has 378 valence electrons. The smallest absolute Gasteiger partial charge is 0.228 e. The first-order valence-electron chi connectivity index (χ1n) is 25.0. The lowest BCUT2D eigenvalue weighted by Gasteiger charge is -2.25. The van der Waals surface area contributed by atoms with Crippen molar-refractivity contribution < 1.29 is 38.4 Å². The molecule has 0 radical (unpaired) electrons. The van der Waals surface area contributed by atoms with Crippen molar-refractivity contribution >= 4 is 28.5 Å². The normalized spacial score (nSPS) is 15.9. The van der Waals surface area contributed by atoms with Crippen LogP contribution in [0.2, 0.25) is 0 Å². The van der Waals surface area contributed by atoms with Crippen LogP contribution >= 0.6 is 0 Å². The van der Waals surface area contributed by atoms with E-state index in [1.807, 2.05) is 89.8 Å². The van der Waals surface area contributed by atoms with Gasteiger partial charge in [0.1, 0.15) is 59.8 Å². The summed E-state index contributed by atoms with van der Waals surface area (Å²) in [6.07, 6.45) is 4.74. The van der Waals surface area contributed by atoms with Gasteiger partial charge in [0.25, 0.3) is 0 Å². The van der Waals surface area contributed by atoms with Crippen LogP contribution in [0.15, 0.2) is 95.4 Å². The molecular formula is C54H69N9O8. The molecule has 1 amide bonds. The van der Waals surface area contributed by atoms with Crippen LogP contribution in [-0.2, 0) is 14.3 Å².